The molecule has 14 heavy (non-hydrogen) atoms. The molecule has 0 radical (unpaired) electrons. The molecule has 0 aromatic rings. The molecule has 0 fully saturated rings. The topological polar surface area (TPSA) is 29.1 Å². The number of rotatable bonds is 4. The average Bonchev–Trinajstić information content (AvgIpc) is 1.97. The Hall–Kier alpha value is -0.700. The quantitative estimate of drug-likeness (QED) is 0.545. The van der Waals surface area contributed by atoms with Crippen LogP contribution in [0.2, 0.25) is 0 Å². The average molecular weight is 213 g/mol. The highest BCUT2D eigenvalue weighted by atomic mass is 32.1. The number of nitrogens with one attached hydrogen (secondary N) is 1. The molecular weight excluding hydrogens is 194 g/mol. The zero-order chi connectivity index (χ0) is 11.1. The lowest BCUT2D eigenvalue weighted by atomic mass is 10.1. The highest BCUT2D eigenvalue weighted by Crippen LogP contribution is 2.03. The van der Waals surface area contributed by atoms with Crippen LogP contribution in [0.4, 0.5) is 0 Å². The molecule has 0 aliphatic heterocycles. The van der Waals surface area contributed by atoms with Crippen LogP contribution in [0.25, 0.3) is 0 Å². The Kier molecular flexibility index (Phi) is 6.37. The third-order valence-corrected chi connectivity index (χ3v) is 1.56. The van der Waals surface area contributed by atoms with Crippen LogP contribution < -0.4 is 5.32 Å². The van der Waals surface area contributed by atoms with Gasteiger partial charge >= 0.3 is 0 Å². The van der Waals surface area contributed by atoms with E-state index in [-0.39, 0.29) is 11.2 Å². The van der Waals surface area contributed by atoms with Gasteiger partial charge in [-0.05, 0) is 18.9 Å². The second-order valence-electron chi connectivity index (χ2n) is 3.65. The van der Waals surface area contributed by atoms with E-state index in [9.17, 15) is 4.79 Å². The molecular formula is C11H19NOS. The van der Waals surface area contributed by atoms with Crippen molar-refractivity contribution >= 4 is 18.5 Å². The first-order valence-electron chi connectivity index (χ1n) is 4.77. The number of thiol groups is 1. The van der Waals surface area contributed by atoms with Crippen LogP contribution in [0.5, 0.6) is 0 Å². The lowest BCUT2D eigenvalue weighted by Crippen LogP contribution is -2.18. The van der Waals surface area contributed by atoms with Crippen molar-refractivity contribution in [2.24, 2.45) is 5.92 Å². The lowest BCUT2D eigenvalue weighted by molar-refractivity contribution is -0.118. The molecule has 0 aromatic heterocycles. The first-order chi connectivity index (χ1) is 6.41. The maximum atomic E-state index is 10.9. The minimum Gasteiger partial charge on any atom is -0.327 e. The second kappa shape index (κ2) is 6.71. The molecule has 0 rings (SSSR count). The fourth-order valence-corrected chi connectivity index (χ4v) is 1.03. The first kappa shape index (κ1) is 13.3. The number of hydrogen-bond donors (Lipinski definition) is 2. The minimum absolute atomic E-state index is 0.0478. The van der Waals surface area contributed by atoms with Crippen molar-refractivity contribution in [2.45, 2.75) is 32.9 Å². The standard InChI is InChI=1S/C11H19NOS/c1-8(2)7-11(12-10(4)13)6-5-9(3)14/h5-9,14H,1-4H3,(H,12,13)/b6-5-,11-7+. The van der Waals surface area contributed by atoms with Crippen LogP contribution in [0.3, 0.4) is 0 Å². The van der Waals surface area contributed by atoms with E-state index in [0.717, 1.165) is 5.70 Å². The number of allylic oxidation sites excluding steroid dienone is 2. The van der Waals surface area contributed by atoms with Gasteiger partial charge in [0.15, 0.2) is 0 Å². The van der Waals surface area contributed by atoms with Crippen LogP contribution in [-0.2, 0) is 4.79 Å². The zero-order valence-electron chi connectivity index (χ0n) is 9.24. The van der Waals surface area contributed by atoms with Crippen LogP contribution >= 0.6 is 12.6 Å². The van der Waals surface area contributed by atoms with Crippen LogP contribution in [0.15, 0.2) is 23.9 Å². The molecule has 1 amide bonds. The highest BCUT2D eigenvalue weighted by Gasteiger charge is 1.97. The van der Waals surface area contributed by atoms with E-state index in [1.165, 1.54) is 6.92 Å². The maximum Gasteiger partial charge on any atom is 0.221 e. The fourth-order valence-electron chi connectivity index (χ4n) is 0.944. The van der Waals surface area contributed by atoms with Crippen LogP contribution in [-0.4, -0.2) is 11.2 Å². The summed E-state index contributed by atoms with van der Waals surface area (Å²) < 4.78 is 0. The van der Waals surface area contributed by atoms with Gasteiger partial charge in [-0.15, -0.1) is 0 Å². The van der Waals surface area contributed by atoms with Gasteiger partial charge in [-0.1, -0.05) is 26.0 Å². The zero-order valence-corrected chi connectivity index (χ0v) is 10.1. The van der Waals surface area contributed by atoms with Gasteiger partial charge in [0.05, 0.1) is 0 Å². The van der Waals surface area contributed by atoms with Gasteiger partial charge in [0.2, 0.25) is 5.91 Å². The van der Waals surface area contributed by atoms with Crippen molar-refractivity contribution < 1.29 is 4.79 Å². The summed E-state index contributed by atoms with van der Waals surface area (Å²) in [5, 5.41) is 2.96. The summed E-state index contributed by atoms with van der Waals surface area (Å²) in [6, 6.07) is 0. The maximum absolute atomic E-state index is 10.9. The number of carbonyl (C=O) groups excluding carboxylic acids is 1. The summed E-state index contributed by atoms with van der Waals surface area (Å²) in [5.41, 5.74) is 0.841. The smallest absolute Gasteiger partial charge is 0.221 e. The van der Waals surface area contributed by atoms with Gasteiger partial charge < -0.3 is 5.32 Å². The first-order valence-corrected chi connectivity index (χ1v) is 5.29. The third kappa shape index (κ3) is 7.92. The van der Waals surface area contributed by atoms with E-state index in [0.29, 0.717) is 5.92 Å². The molecule has 0 saturated heterocycles. The van der Waals surface area contributed by atoms with Gasteiger partial charge in [0, 0.05) is 17.9 Å². The molecule has 1 atom stereocenters. The van der Waals surface area contributed by atoms with Gasteiger partial charge in [0.25, 0.3) is 0 Å². The summed E-state index contributed by atoms with van der Waals surface area (Å²) in [4.78, 5) is 10.9. The van der Waals surface area contributed by atoms with Crippen LogP contribution in [0, 0.1) is 5.92 Å². The Morgan fingerprint density at radius 1 is 1.36 bits per heavy atom. The van der Waals surface area contributed by atoms with Crippen LogP contribution in [0.1, 0.15) is 27.7 Å². The molecule has 1 unspecified atom stereocenters. The van der Waals surface area contributed by atoms with Crippen molar-refractivity contribution in [3.8, 4) is 0 Å². The molecule has 0 aliphatic rings. The Morgan fingerprint density at radius 3 is 2.29 bits per heavy atom. The molecule has 0 heterocycles. The Bertz CT molecular complexity index is 242. The van der Waals surface area contributed by atoms with Crippen molar-refractivity contribution in [1.29, 1.82) is 0 Å². The molecule has 0 saturated carbocycles. The van der Waals surface area contributed by atoms with E-state index >= 15 is 0 Å². The Balaban J connectivity index is 4.48. The van der Waals surface area contributed by atoms with Crippen molar-refractivity contribution in [3.63, 3.8) is 0 Å². The molecule has 80 valence electrons. The van der Waals surface area contributed by atoms with Gasteiger partial charge in [-0.2, -0.15) is 12.6 Å². The third-order valence-electron chi connectivity index (χ3n) is 1.39. The fraction of sp³-hybridized carbons (Fsp3) is 0.545. The SMILES string of the molecule is CC(=O)NC(/C=C\C(C)S)=C/C(C)C. The van der Waals surface area contributed by atoms with Crippen molar-refractivity contribution in [3.05, 3.63) is 23.9 Å². The number of carbonyl (C=O) groups is 1. The minimum atomic E-state index is -0.0478. The predicted molar refractivity (Wildman–Crippen MR) is 64.3 cm³/mol. The molecule has 3 heteroatoms. The van der Waals surface area contributed by atoms with E-state index < -0.39 is 0 Å². The van der Waals surface area contributed by atoms with Crippen molar-refractivity contribution in [2.75, 3.05) is 0 Å². The summed E-state index contributed by atoms with van der Waals surface area (Å²) in [6.45, 7) is 7.62. The molecule has 0 aromatic carbocycles. The normalized spacial score (nSPS) is 14.9. The van der Waals surface area contributed by atoms with E-state index in [2.05, 4.69) is 31.8 Å². The summed E-state index contributed by atoms with van der Waals surface area (Å²) in [5.74, 6) is 0.366. The Labute approximate surface area is 91.9 Å². The molecule has 0 bridgehead atoms. The number of amides is 1. The van der Waals surface area contributed by atoms with Gasteiger partial charge in [0.1, 0.15) is 0 Å². The Morgan fingerprint density at radius 2 is 1.93 bits per heavy atom. The van der Waals surface area contributed by atoms with Gasteiger partial charge in [-0.3, -0.25) is 4.79 Å². The number of hydrogen-bond acceptors (Lipinski definition) is 2. The van der Waals surface area contributed by atoms with E-state index in [1.54, 1.807) is 0 Å². The second-order valence-corrected chi connectivity index (χ2v) is 4.46. The molecule has 0 aliphatic carbocycles. The molecule has 0 spiro atoms. The largest absolute Gasteiger partial charge is 0.327 e. The highest BCUT2D eigenvalue weighted by molar-refractivity contribution is 7.81. The summed E-state index contributed by atoms with van der Waals surface area (Å²) >= 11 is 4.23. The summed E-state index contributed by atoms with van der Waals surface area (Å²) in [7, 11) is 0. The van der Waals surface area contributed by atoms with E-state index in [1.807, 2.05) is 25.2 Å². The van der Waals surface area contributed by atoms with E-state index in [4.69, 9.17) is 0 Å². The van der Waals surface area contributed by atoms with Gasteiger partial charge in [-0.25, -0.2) is 0 Å². The predicted octanol–water partition coefficient (Wildman–Crippen LogP) is 2.54. The molecule has 1 N–H and O–H groups in total. The van der Waals surface area contributed by atoms with Crippen molar-refractivity contribution in [1.82, 2.24) is 5.32 Å². The summed E-state index contributed by atoms with van der Waals surface area (Å²) in [6.07, 6.45) is 5.83. The molecule has 2 nitrogen and oxygen atoms in total. The lowest BCUT2D eigenvalue weighted by Gasteiger charge is -2.05. The monoisotopic (exact) mass is 213 g/mol.